The molecule has 2 N–H and O–H groups in total. The highest BCUT2D eigenvalue weighted by Gasteiger charge is 2.16. The molecule has 1 fully saturated rings. The van der Waals surface area contributed by atoms with Crippen LogP contribution in [0.5, 0.6) is 0 Å². The van der Waals surface area contributed by atoms with Gasteiger partial charge in [0.15, 0.2) is 5.96 Å². The van der Waals surface area contributed by atoms with Crippen molar-refractivity contribution >= 4 is 35.9 Å². The Morgan fingerprint density at radius 2 is 2.14 bits per heavy atom. The van der Waals surface area contributed by atoms with Crippen LogP contribution in [0.3, 0.4) is 0 Å². The Kier molecular flexibility index (Phi) is 6.96. The van der Waals surface area contributed by atoms with Crippen LogP contribution in [-0.2, 0) is 16.0 Å². The first-order chi connectivity index (χ1) is 9.61. The normalized spacial score (nSPS) is 15.5. The van der Waals surface area contributed by atoms with Crippen molar-refractivity contribution < 1.29 is 18.7 Å². The highest BCUT2D eigenvalue weighted by atomic mass is 127. The van der Waals surface area contributed by atoms with Crippen LogP contribution in [0.1, 0.15) is 21.9 Å². The van der Waals surface area contributed by atoms with E-state index < -0.39 is 5.97 Å². The lowest BCUT2D eigenvalue weighted by molar-refractivity contribution is 0.0598. The van der Waals surface area contributed by atoms with E-state index in [0.29, 0.717) is 42.8 Å². The Balaban J connectivity index is 0.00000220. The number of nitrogens with zero attached hydrogens (tertiary/aromatic N) is 2. The number of aliphatic imine (C=N–C) groups is 1. The van der Waals surface area contributed by atoms with Gasteiger partial charge in [0.1, 0.15) is 23.6 Å². The quantitative estimate of drug-likeness (QED) is 0.349. The van der Waals surface area contributed by atoms with E-state index in [4.69, 9.17) is 14.9 Å². The summed E-state index contributed by atoms with van der Waals surface area (Å²) in [5.41, 5.74) is 6.33. The molecule has 1 aromatic heterocycles. The van der Waals surface area contributed by atoms with Crippen LogP contribution < -0.4 is 5.73 Å². The standard InChI is InChI=1S/C13H19N3O4.HI/c1-9-11(12(17)18-2)7-10(20-9)8-15-13(14)16-3-5-19-6-4-16;/h7H,3-6,8H2,1-2H3,(H2,14,15);1H. The third-order valence-corrected chi connectivity index (χ3v) is 3.11. The molecule has 0 aliphatic carbocycles. The second kappa shape index (κ2) is 8.23. The number of hydrogen-bond donors (Lipinski definition) is 1. The third-order valence-electron chi connectivity index (χ3n) is 3.11. The number of guanidine groups is 1. The van der Waals surface area contributed by atoms with E-state index in [1.54, 1.807) is 13.0 Å². The molecule has 0 atom stereocenters. The lowest BCUT2D eigenvalue weighted by Crippen LogP contribution is -2.44. The van der Waals surface area contributed by atoms with Crippen molar-refractivity contribution in [3.8, 4) is 0 Å². The number of furan rings is 1. The van der Waals surface area contributed by atoms with Crippen molar-refractivity contribution in [1.29, 1.82) is 0 Å². The minimum Gasteiger partial charge on any atom is -0.465 e. The van der Waals surface area contributed by atoms with Crippen LogP contribution in [-0.4, -0.2) is 50.2 Å². The van der Waals surface area contributed by atoms with Gasteiger partial charge in [0.2, 0.25) is 0 Å². The number of hydrogen-bond acceptors (Lipinski definition) is 5. The van der Waals surface area contributed by atoms with E-state index in [1.807, 2.05) is 4.90 Å². The summed E-state index contributed by atoms with van der Waals surface area (Å²) in [7, 11) is 1.34. The Hall–Kier alpha value is -1.29. The predicted molar refractivity (Wildman–Crippen MR) is 87.9 cm³/mol. The van der Waals surface area contributed by atoms with Gasteiger partial charge in [-0.3, -0.25) is 0 Å². The summed E-state index contributed by atoms with van der Waals surface area (Å²) in [4.78, 5) is 17.7. The first-order valence-electron chi connectivity index (χ1n) is 6.42. The number of rotatable bonds is 3. The first-order valence-corrected chi connectivity index (χ1v) is 6.42. The van der Waals surface area contributed by atoms with E-state index in [0.717, 1.165) is 13.1 Å². The van der Waals surface area contributed by atoms with Gasteiger partial charge in [-0.05, 0) is 13.0 Å². The average Bonchev–Trinajstić information content (AvgIpc) is 2.86. The molecule has 0 unspecified atom stereocenters. The number of nitrogens with two attached hydrogens (primary N) is 1. The Bertz CT molecular complexity index is 510. The van der Waals surface area contributed by atoms with Crippen LogP contribution in [0.15, 0.2) is 15.5 Å². The number of esters is 1. The lowest BCUT2D eigenvalue weighted by Gasteiger charge is -2.27. The molecule has 118 valence electrons. The van der Waals surface area contributed by atoms with Crippen molar-refractivity contribution in [1.82, 2.24) is 4.90 Å². The summed E-state index contributed by atoms with van der Waals surface area (Å²) in [5, 5.41) is 0. The summed E-state index contributed by atoms with van der Waals surface area (Å²) in [6, 6.07) is 1.64. The number of aryl methyl sites for hydroxylation is 1. The third kappa shape index (κ3) is 4.60. The fourth-order valence-corrected chi connectivity index (χ4v) is 1.99. The second-order valence-corrected chi connectivity index (χ2v) is 4.45. The first kappa shape index (κ1) is 17.8. The molecule has 1 saturated heterocycles. The molecule has 2 rings (SSSR count). The van der Waals surface area contributed by atoms with Crippen molar-refractivity contribution in [2.24, 2.45) is 10.7 Å². The van der Waals surface area contributed by atoms with Gasteiger partial charge in [-0.25, -0.2) is 9.79 Å². The van der Waals surface area contributed by atoms with Crippen LogP contribution in [0.2, 0.25) is 0 Å². The summed E-state index contributed by atoms with van der Waals surface area (Å²) in [5.74, 6) is 1.15. The zero-order chi connectivity index (χ0) is 14.5. The van der Waals surface area contributed by atoms with Gasteiger partial charge in [0.05, 0.1) is 20.3 Å². The Morgan fingerprint density at radius 1 is 1.48 bits per heavy atom. The van der Waals surface area contributed by atoms with E-state index in [-0.39, 0.29) is 24.0 Å². The molecule has 0 amide bonds. The van der Waals surface area contributed by atoms with Crippen LogP contribution >= 0.6 is 24.0 Å². The maximum absolute atomic E-state index is 11.5. The molecule has 1 aliphatic heterocycles. The SMILES string of the molecule is COC(=O)c1cc(CN=C(N)N2CCOCC2)oc1C.I. The van der Waals surface area contributed by atoms with Crippen LogP contribution in [0.4, 0.5) is 0 Å². The predicted octanol–water partition coefficient (Wildman–Crippen LogP) is 1.14. The molecular weight excluding hydrogens is 389 g/mol. The number of halogens is 1. The van der Waals surface area contributed by atoms with Crippen molar-refractivity contribution in [3.63, 3.8) is 0 Å². The zero-order valence-electron chi connectivity index (χ0n) is 12.1. The molecule has 0 radical (unpaired) electrons. The maximum atomic E-state index is 11.5. The maximum Gasteiger partial charge on any atom is 0.341 e. The van der Waals surface area contributed by atoms with E-state index in [2.05, 4.69) is 9.73 Å². The number of carbonyl (C=O) groups excluding carboxylic acids is 1. The van der Waals surface area contributed by atoms with Gasteiger partial charge in [-0.1, -0.05) is 0 Å². The minimum absolute atomic E-state index is 0. The van der Waals surface area contributed by atoms with Gasteiger partial charge in [0.25, 0.3) is 0 Å². The molecule has 1 aliphatic rings. The second-order valence-electron chi connectivity index (χ2n) is 4.45. The molecule has 21 heavy (non-hydrogen) atoms. The number of carbonyl (C=O) groups is 1. The van der Waals surface area contributed by atoms with Gasteiger partial charge < -0.3 is 24.5 Å². The summed E-state index contributed by atoms with van der Waals surface area (Å²) in [6.45, 7) is 4.79. The highest BCUT2D eigenvalue weighted by molar-refractivity contribution is 14.0. The van der Waals surface area contributed by atoms with E-state index in [9.17, 15) is 4.79 Å². The lowest BCUT2D eigenvalue weighted by atomic mass is 10.2. The average molecular weight is 409 g/mol. The van der Waals surface area contributed by atoms with Crippen molar-refractivity contribution in [2.75, 3.05) is 33.4 Å². The summed E-state index contributed by atoms with van der Waals surface area (Å²) >= 11 is 0. The molecule has 0 saturated carbocycles. The smallest absolute Gasteiger partial charge is 0.341 e. The number of morpholine rings is 1. The largest absolute Gasteiger partial charge is 0.465 e. The molecule has 0 aromatic carbocycles. The number of ether oxygens (including phenoxy) is 2. The monoisotopic (exact) mass is 409 g/mol. The van der Waals surface area contributed by atoms with Crippen molar-refractivity contribution in [3.05, 3.63) is 23.2 Å². The summed E-state index contributed by atoms with van der Waals surface area (Å²) in [6.07, 6.45) is 0. The molecular formula is C13H20IN3O4. The van der Waals surface area contributed by atoms with Crippen LogP contribution in [0.25, 0.3) is 0 Å². The topological polar surface area (TPSA) is 90.3 Å². The van der Waals surface area contributed by atoms with E-state index in [1.165, 1.54) is 7.11 Å². The summed E-state index contributed by atoms with van der Waals surface area (Å²) < 4.78 is 15.4. The molecule has 0 spiro atoms. The van der Waals surface area contributed by atoms with E-state index >= 15 is 0 Å². The molecule has 1 aromatic rings. The minimum atomic E-state index is -0.414. The van der Waals surface area contributed by atoms with Gasteiger partial charge in [-0.15, -0.1) is 24.0 Å². The van der Waals surface area contributed by atoms with Crippen molar-refractivity contribution in [2.45, 2.75) is 13.5 Å². The van der Waals surface area contributed by atoms with Gasteiger partial charge in [-0.2, -0.15) is 0 Å². The molecule has 8 heteroatoms. The zero-order valence-corrected chi connectivity index (χ0v) is 14.5. The molecule has 2 heterocycles. The Labute approximate surface area is 140 Å². The molecule has 7 nitrogen and oxygen atoms in total. The van der Waals surface area contributed by atoms with Gasteiger partial charge in [0, 0.05) is 13.1 Å². The fourth-order valence-electron chi connectivity index (χ4n) is 1.99. The number of methoxy groups -OCH3 is 1. The fraction of sp³-hybridized carbons (Fsp3) is 0.538. The van der Waals surface area contributed by atoms with Gasteiger partial charge >= 0.3 is 5.97 Å². The highest BCUT2D eigenvalue weighted by Crippen LogP contribution is 2.16. The molecule has 0 bridgehead atoms. The van der Waals surface area contributed by atoms with Crippen LogP contribution in [0, 0.1) is 6.92 Å². The Morgan fingerprint density at radius 3 is 2.76 bits per heavy atom.